The van der Waals surface area contributed by atoms with E-state index in [0.717, 1.165) is 22.7 Å². The number of amides is 1. The average Bonchev–Trinajstić information content (AvgIpc) is 2.96. The van der Waals surface area contributed by atoms with Crippen LogP contribution >= 0.6 is 11.5 Å². The lowest BCUT2D eigenvalue weighted by Gasteiger charge is -2.06. The van der Waals surface area contributed by atoms with Gasteiger partial charge >= 0.3 is 0 Å². The van der Waals surface area contributed by atoms with Crippen molar-refractivity contribution in [3.63, 3.8) is 0 Å². The number of benzene rings is 1. The molecule has 2 aromatic rings. The van der Waals surface area contributed by atoms with Gasteiger partial charge in [-0.05, 0) is 36.2 Å². The average molecular weight is 287 g/mol. The van der Waals surface area contributed by atoms with E-state index in [1.54, 1.807) is 11.4 Å². The summed E-state index contributed by atoms with van der Waals surface area (Å²) in [5.41, 5.74) is 2.67. The number of rotatable bonds is 3. The second-order valence-corrected chi connectivity index (χ2v) is 4.68. The number of hydrogen-bond acceptors (Lipinski definition) is 5. The van der Waals surface area contributed by atoms with E-state index in [1.165, 1.54) is 0 Å². The minimum atomic E-state index is -0.312. The summed E-state index contributed by atoms with van der Waals surface area (Å²) >= 11 is 1.12. The van der Waals surface area contributed by atoms with E-state index in [-0.39, 0.29) is 18.2 Å². The largest absolute Gasteiger partial charge is 0.395 e. The van der Waals surface area contributed by atoms with Crippen molar-refractivity contribution in [3.05, 3.63) is 40.4 Å². The quantitative estimate of drug-likeness (QED) is 0.845. The van der Waals surface area contributed by atoms with Gasteiger partial charge in [-0.15, -0.1) is 5.10 Å². The van der Waals surface area contributed by atoms with Gasteiger partial charge in [-0.25, -0.2) is 0 Å². The fraction of sp³-hybridized carbons (Fsp3) is 0.214. The highest BCUT2D eigenvalue weighted by molar-refractivity contribution is 7.03. The molecule has 0 radical (unpaired) electrons. The van der Waals surface area contributed by atoms with Gasteiger partial charge in [0.2, 0.25) is 0 Å². The summed E-state index contributed by atoms with van der Waals surface area (Å²) in [6, 6.07) is 5.58. The highest BCUT2D eigenvalue weighted by atomic mass is 32.1. The van der Waals surface area contributed by atoms with Crippen molar-refractivity contribution in [2.24, 2.45) is 0 Å². The van der Waals surface area contributed by atoms with E-state index >= 15 is 0 Å². The van der Waals surface area contributed by atoms with Crippen LogP contribution in [0.25, 0.3) is 0 Å². The zero-order valence-electron chi connectivity index (χ0n) is 10.9. The lowest BCUT2D eigenvalue weighted by molar-refractivity contribution is 0.102. The van der Waals surface area contributed by atoms with Crippen LogP contribution in [0.1, 0.15) is 28.0 Å². The van der Waals surface area contributed by atoms with Gasteiger partial charge < -0.3 is 10.4 Å². The minimum absolute atomic E-state index is 0.0189. The van der Waals surface area contributed by atoms with Crippen molar-refractivity contribution in [1.82, 2.24) is 9.59 Å². The standard InChI is InChI=1S/C14H13N3O2S/c1-10-5-6-12(11(8-10)4-2-3-7-18)15-14(19)13-9-20-17-16-13/h5-6,8-9,18H,3,7H2,1H3,(H,15,19). The number of aliphatic hydroxyl groups excluding tert-OH is 1. The van der Waals surface area contributed by atoms with Gasteiger partial charge in [-0.2, -0.15) is 0 Å². The van der Waals surface area contributed by atoms with Gasteiger partial charge in [0.25, 0.3) is 5.91 Å². The van der Waals surface area contributed by atoms with Crippen LogP contribution in [0.5, 0.6) is 0 Å². The number of nitrogens with zero attached hydrogens (tertiary/aromatic N) is 2. The Morgan fingerprint density at radius 2 is 2.35 bits per heavy atom. The molecule has 1 aromatic carbocycles. The number of nitrogens with one attached hydrogen (secondary N) is 1. The van der Waals surface area contributed by atoms with Crippen molar-refractivity contribution in [2.45, 2.75) is 13.3 Å². The Morgan fingerprint density at radius 3 is 3.05 bits per heavy atom. The van der Waals surface area contributed by atoms with Crippen molar-refractivity contribution in [2.75, 3.05) is 11.9 Å². The number of aryl methyl sites for hydroxylation is 1. The van der Waals surface area contributed by atoms with Crippen molar-refractivity contribution >= 4 is 23.1 Å². The fourth-order valence-electron chi connectivity index (χ4n) is 1.53. The second-order valence-electron chi connectivity index (χ2n) is 4.07. The molecule has 1 heterocycles. The SMILES string of the molecule is Cc1ccc(NC(=O)c2csnn2)c(C#CCCO)c1. The molecule has 1 aromatic heterocycles. The molecule has 102 valence electrons. The molecule has 2 N–H and O–H groups in total. The third kappa shape index (κ3) is 3.63. The molecule has 2 rings (SSSR count). The maximum absolute atomic E-state index is 11.9. The van der Waals surface area contributed by atoms with E-state index in [4.69, 9.17) is 5.11 Å². The van der Waals surface area contributed by atoms with Crippen LogP contribution in [0, 0.1) is 18.8 Å². The zero-order valence-corrected chi connectivity index (χ0v) is 11.7. The molecule has 0 saturated heterocycles. The third-order valence-corrected chi connectivity index (χ3v) is 2.98. The fourth-order valence-corrected chi connectivity index (χ4v) is 1.97. The van der Waals surface area contributed by atoms with Gasteiger partial charge in [-0.1, -0.05) is 22.4 Å². The predicted octanol–water partition coefficient (Wildman–Crippen LogP) is 1.83. The lowest BCUT2D eigenvalue weighted by atomic mass is 10.1. The highest BCUT2D eigenvalue weighted by Gasteiger charge is 2.10. The number of hydrogen-bond donors (Lipinski definition) is 2. The van der Waals surface area contributed by atoms with Gasteiger partial charge in [0.15, 0.2) is 5.69 Å². The maximum Gasteiger partial charge on any atom is 0.277 e. The van der Waals surface area contributed by atoms with E-state index in [2.05, 4.69) is 26.7 Å². The van der Waals surface area contributed by atoms with Crippen molar-refractivity contribution in [1.29, 1.82) is 0 Å². The monoisotopic (exact) mass is 287 g/mol. The molecule has 0 unspecified atom stereocenters. The van der Waals surface area contributed by atoms with E-state index in [0.29, 0.717) is 12.1 Å². The molecule has 5 nitrogen and oxygen atoms in total. The number of carbonyl (C=O) groups is 1. The Hall–Kier alpha value is -2.23. The molecule has 0 aliphatic heterocycles. The summed E-state index contributed by atoms with van der Waals surface area (Å²) in [4.78, 5) is 11.9. The Bertz CT molecular complexity index is 657. The molecule has 0 aliphatic rings. The van der Waals surface area contributed by atoms with E-state index in [1.807, 2.05) is 19.1 Å². The first-order valence-corrected chi connectivity index (χ1v) is 6.83. The smallest absolute Gasteiger partial charge is 0.277 e. The summed E-state index contributed by atoms with van der Waals surface area (Å²) in [6.45, 7) is 1.97. The number of anilines is 1. The molecule has 20 heavy (non-hydrogen) atoms. The van der Waals surface area contributed by atoms with Crippen molar-refractivity contribution < 1.29 is 9.90 Å². The van der Waals surface area contributed by atoms with E-state index in [9.17, 15) is 4.79 Å². The molecule has 0 spiro atoms. The first kappa shape index (κ1) is 14.2. The second kappa shape index (κ2) is 6.80. The van der Waals surface area contributed by atoms with E-state index < -0.39 is 0 Å². The van der Waals surface area contributed by atoms with Crippen LogP contribution in [0.2, 0.25) is 0 Å². The molecule has 0 atom stereocenters. The van der Waals surface area contributed by atoms with Crippen LogP contribution < -0.4 is 5.32 Å². The molecule has 0 bridgehead atoms. The number of carbonyl (C=O) groups excluding carboxylic acids is 1. The molecular formula is C14H13N3O2S. The molecule has 6 heteroatoms. The Kier molecular flexibility index (Phi) is 4.82. The summed E-state index contributed by atoms with van der Waals surface area (Å²) in [5, 5.41) is 16.8. The number of aromatic nitrogens is 2. The summed E-state index contributed by atoms with van der Waals surface area (Å²) in [6.07, 6.45) is 0.400. The van der Waals surface area contributed by atoms with Crippen molar-refractivity contribution in [3.8, 4) is 11.8 Å². The molecule has 0 saturated carbocycles. The Balaban J connectivity index is 2.23. The van der Waals surface area contributed by atoms with Gasteiger partial charge in [0.1, 0.15) is 0 Å². The zero-order chi connectivity index (χ0) is 14.4. The third-order valence-electron chi connectivity index (χ3n) is 2.48. The molecular weight excluding hydrogens is 274 g/mol. The summed E-state index contributed by atoms with van der Waals surface area (Å²) in [7, 11) is 0. The lowest BCUT2D eigenvalue weighted by Crippen LogP contribution is -2.13. The topological polar surface area (TPSA) is 75.1 Å². The molecule has 1 amide bonds. The maximum atomic E-state index is 11.9. The summed E-state index contributed by atoms with van der Waals surface area (Å²) in [5.74, 6) is 5.49. The van der Waals surface area contributed by atoms with Gasteiger partial charge in [0, 0.05) is 17.4 Å². The predicted molar refractivity (Wildman–Crippen MR) is 77.6 cm³/mol. The first-order chi connectivity index (χ1) is 9.70. The van der Waals surface area contributed by atoms with Gasteiger partial charge in [0.05, 0.1) is 12.3 Å². The van der Waals surface area contributed by atoms with Crippen LogP contribution in [-0.2, 0) is 0 Å². The first-order valence-electron chi connectivity index (χ1n) is 5.99. The molecule has 0 fully saturated rings. The Labute approximate surface area is 120 Å². The van der Waals surface area contributed by atoms with Crippen LogP contribution in [0.4, 0.5) is 5.69 Å². The highest BCUT2D eigenvalue weighted by Crippen LogP contribution is 2.17. The number of aliphatic hydroxyl groups is 1. The van der Waals surface area contributed by atoms with Gasteiger partial charge in [-0.3, -0.25) is 4.79 Å². The molecule has 0 aliphatic carbocycles. The Morgan fingerprint density at radius 1 is 1.50 bits per heavy atom. The normalized spacial score (nSPS) is 9.70. The van der Waals surface area contributed by atoms with Crippen LogP contribution in [-0.4, -0.2) is 27.2 Å². The van der Waals surface area contributed by atoms with Crippen LogP contribution in [0.3, 0.4) is 0 Å². The van der Waals surface area contributed by atoms with Crippen LogP contribution in [0.15, 0.2) is 23.6 Å². The summed E-state index contributed by atoms with van der Waals surface area (Å²) < 4.78 is 3.66. The minimum Gasteiger partial charge on any atom is -0.395 e.